The van der Waals surface area contributed by atoms with E-state index in [1.54, 1.807) is 31.2 Å². The molecule has 0 saturated heterocycles. The fraction of sp³-hybridized carbons (Fsp3) is 0.263. The first-order valence-corrected chi connectivity index (χ1v) is 8.09. The van der Waals surface area contributed by atoms with E-state index in [0.717, 1.165) is 11.1 Å². The molecule has 0 aliphatic heterocycles. The van der Waals surface area contributed by atoms with Crippen molar-refractivity contribution in [3.05, 3.63) is 58.6 Å². The van der Waals surface area contributed by atoms with Crippen molar-refractivity contribution in [2.24, 2.45) is 0 Å². The fourth-order valence-corrected chi connectivity index (χ4v) is 2.27. The lowest BCUT2D eigenvalue weighted by Gasteiger charge is -2.09. The Labute approximate surface area is 146 Å². The molecule has 0 radical (unpaired) electrons. The van der Waals surface area contributed by atoms with Gasteiger partial charge in [0.05, 0.1) is 0 Å². The summed E-state index contributed by atoms with van der Waals surface area (Å²) < 4.78 is 5.46. The molecular formula is C19H20ClNO3. The van der Waals surface area contributed by atoms with Gasteiger partial charge in [0, 0.05) is 17.1 Å². The molecule has 2 rings (SSSR count). The molecule has 24 heavy (non-hydrogen) atoms. The molecule has 0 heterocycles. The van der Waals surface area contributed by atoms with Crippen LogP contribution in [0.15, 0.2) is 42.5 Å². The summed E-state index contributed by atoms with van der Waals surface area (Å²) in [7, 11) is 0. The largest absolute Gasteiger partial charge is 0.484 e. The number of anilines is 1. The maximum Gasteiger partial charge on any atom is 0.262 e. The van der Waals surface area contributed by atoms with Crippen LogP contribution in [0, 0.1) is 6.92 Å². The van der Waals surface area contributed by atoms with Crippen molar-refractivity contribution in [2.75, 3.05) is 11.9 Å². The molecule has 126 valence electrons. The number of amides is 1. The molecule has 1 amide bonds. The van der Waals surface area contributed by atoms with E-state index in [0.29, 0.717) is 29.3 Å². The highest BCUT2D eigenvalue weighted by molar-refractivity contribution is 6.31. The third-order valence-corrected chi connectivity index (χ3v) is 3.92. The van der Waals surface area contributed by atoms with Crippen LogP contribution in [0.1, 0.15) is 24.5 Å². The average Bonchev–Trinajstić information content (AvgIpc) is 2.55. The lowest BCUT2D eigenvalue weighted by atomic mass is 10.1. The van der Waals surface area contributed by atoms with Gasteiger partial charge in [0.2, 0.25) is 0 Å². The molecule has 2 aromatic carbocycles. The molecule has 1 N–H and O–H groups in total. The summed E-state index contributed by atoms with van der Waals surface area (Å²) >= 11 is 6.03. The molecule has 0 aliphatic carbocycles. The first-order chi connectivity index (χ1) is 11.4. The van der Waals surface area contributed by atoms with E-state index < -0.39 is 0 Å². The van der Waals surface area contributed by atoms with Gasteiger partial charge < -0.3 is 14.8 Å². The Morgan fingerprint density at radius 3 is 2.46 bits per heavy atom. The summed E-state index contributed by atoms with van der Waals surface area (Å²) in [5.41, 5.74) is 2.66. The van der Waals surface area contributed by atoms with Crippen molar-refractivity contribution in [1.82, 2.24) is 0 Å². The number of aryl methyl sites for hydroxylation is 2. The highest BCUT2D eigenvalue weighted by Crippen LogP contribution is 2.20. The molecule has 0 aliphatic rings. The van der Waals surface area contributed by atoms with Crippen LogP contribution in [0.4, 0.5) is 5.69 Å². The molecular weight excluding hydrogens is 326 g/mol. The van der Waals surface area contributed by atoms with Gasteiger partial charge in [-0.25, -0.2) is 0 Å². The number of hydrogen-bond donors (Lipinski definition) is 1. The smallest absolute Gasteiger partial charge is 0.262 e. The second-order valence-electron chi connectivity index (χ2n) is 5.65. The van der Waals surface area contributed by atoms with E-state index in [1.807, 2.05) is 25.1 Å². The van der Waals surface area contributed by atoms with Crippen LogP contribution in [0.5, 0.6) is 5.75 Å². The first-order valence-electron chi connectivity index (χ1n) is 7.71. The van der Waals surface area contributed by atoms with Crippen LogP contribution >= 0.6 is 11.6 Å². The van der Waals surface area contributed by atoms with Crippen LogP contribution < -0.4 is 10.1 Å². The van der Waals surface area contributed by atoms with Gasteiger partial charge in [-0.05, 0) is 55.7 Å². The Morgan fingerprint density at radius 1 is 1.12 bits per heavy atom. The Morgan fingerprint density at radius 2 is 1.83 bits per heavy atom. The number of nitrogens with one attached hydrogen (secondary N) is 1. The third-order valence-electron chi connectivity index (χ3n) is 3.51. The van der Waals surface area contributed by atoms with E-state index in [-0.39, 0.29) is 18.3 Å². The van der Waals surface area contributed by atoms with Gasteiger partial charge in [-0.1, -0.05) is 29.8 Å². The summed E-state index contributed by atoms with van der Waals surface area (Å²) in [6.07, 6.45) is 1.24. The third kappa shape index (κ3) is 5.70. The van der Waals surface area contributed by atoms with Gasteiger partial charge in [-0.15, -0.1) is 0 Å². The molecule has 0 atom stereocenters. The summed E-state index contributed by atoms with van der Waals surface area (Å²) in [5, 5.41) is 3.34. The second-order valence-corrected chi connectivity index (χ2v) is 6.05. The van der Waals surface area contributed by atoms with Gasteiger partial charge in [0.25, 0.3) is 5.91 Å². The zero-order valence-electron chi connectivity index (χ0n) is 13.8. The van der Waals surface area contributed by atoms with Crippen LogP contribution in [-0.4, -0.2) is 18.3 Å². The molecule has 0 bridgehead atoms. The van der Waals surface area contributed by atoms with E-state index in [1.165, 1.54) is 0 Å². The van der Waals surface area contributed by atoms with Crippen molar-refractivity contribution >= 4 is 29.0 Å². The predicted molar refractivity (Wildman–Crippen MR) is 95.8 cm³/mol. The van der Waals surface area contributed by atoms with Crippen molar-refractivity contribution in [1.29, 1.82) is 0 Å². The highest BCUT2D eigenvalue weighted by atomic mass is 35.5. The van der Waals surface area contributed by atoms with Crippen LogP contribution in [0.2, 0.25) is 5.02 Å². The molecule has 0 fully saturated rings. The topological polar surface area (TPSA) is 55.4 Å². The van der Waals surface area contributed by atoms with E-state index in [2.05, 4.69) is 5.32 Å². The van der Waals surface area contributed by atoms with Crippen molar-refractivity contribution in [3.8, 4) is 5.75 Å². The number of Topliss-reactive ketones (excluding diaryl/α,β-unsaturated/α-hetero) is 1. The minimum absolute atomic E-state index is 0.0850. The Bertz CT molecular complexity index is 726. The number of ketones is 1. The number of carbonyl (C=O) groups is 2. The van der Waals surface area contributed by atoms with E-state index in [4.69, 9.17) is 16.3 Å². The van der Waals surface area contributed by atoms with Crippen molar-refractivity contribution in [3.63, 3.8) is 0 Å². The van der Waals surface area contributed by atoms with Crippen LogP contribution in [0.3, 0.4) is 0 Å². The summed E-state index contributed by atoms with van der Waals surface area (Å²) in [5.74, 6) is 0.525. The summed E-state index contributed by atoms with van der Waals surface area (Å²) in [6.45, 7) is 3.40. The van der Waals surface area contributed by atoms with Crippen LogP contribution in [0.25, 0.3) is 0 Å². The zero-order valence-corrected chi connectivity index (χ0v) is 14.5. The molecule has 0 saturated carbocycles. The van der Waals surface area contributed by atoms with Crippen molar-refractivity contribution in [2.45, 2.75) is 26.7 Å². The second kappa shape index (κ2) is 8.50. The molecule has 2 aromatic rings. The molecule has 4 nitrogen and oxygen atoms in total. The lowest BCUT2D eigenvalue weighted by Crippen LogP contribution is -2.20. The normalized spacial score (nSPS) is 10.3. The maximum absolute atomic E-state index is 11.9. The quantitative estimate of drug-likeness (QED) is 0.818. The monoisotopic (exact) mass is 345 g/mol. The average molecular weight is 346 g/mol. The van der Waals surface area contributed by atoms with Gasteiger partial charge >= 0.3 is 0 Å². The van der Waals surface area contributed by atoms with Gasteiger partial charge in [-0.2, -0.15) is 0 Å². The molecule has 0 unspecified atom stereocenters. The molecule has 5 heteroatoms. The standard InChI is InChI=1S/C19H20ClNO3/c1-13-3-8-16(11-18(13)20)21-19(23)12-24-17-9-6-15(7-10-17)5-4-14(2)22/h3,6-11H,4-5,12H2,1-2H3,(H,21,23). The van der Waals surface area contributed by atoms with Gasteiger partial charge in [0.15, 0.2) is 6.61 Å². The predicted octanol–water partition coefficient (Wildman–Crippen LogP) is 4.19. The van der Waals surface area contributed by atoms with Gasteiger partial charge in [0.1, 0.15) is 11.5 Å². The maximum atomic E-state index is 11.9. The molecule has 0 spiro atoms. The minimum Gasteiger partial charge on any atom is -0.484 e. The first kappa shape index (κ1) is 18.0. The SMILES string of the molecule is CC(=O)CCc1ccc(OCC(=O)Nc2ccc(C)c(Cl)c2)cc1. The Kier molecular flexibility index (Phi) is 6.38. The zero-order chi connectivity index (χ0) is 17.5. The number of halogens is 1. The highest BCUT2D eigenvalue weighted by Gasteiger charge is 2.05. The molecule has 0 aromatic heterocycles. The summed E-state index contributed by atoms with van der Waals surface area (Å²) in [4.78, 5) is 22.9. The number of ether oxygens (including phenoxy) is 1. The van der Waals surface area contributed by atoms with E-state index in [9.17, 15) is 9.59 Å². The Balaban J connectivity index is 1.82. The number of benzene rings is 2. The fourth-order valence-electron chi connectivity index (χ4n) is 2.09. The summed E-state index contributed by atoms with van der Waals surface area (Å²) in [6, 6.07) is 12.7. The van der Waals surface area contributed by atoms with E-state index >= 15 is 0 Å². The van der Waals surface area contributed by atoms with Gasteiger partial charge in [-0.3, -0.25) is 4.79 Å². The number of hydrogen-bond acceptors (Lipinski definition) is 3. The minimum atomic E-state index is -0.254. The van der Waals surface area contributed by atoms with Crippen molar-refractivity contribution < 1.29 is 14.3 Å². The number of rotatable bonds is 7. The number of carbonyl (C=O) groups excluding carboxylic acids is 2. The Hall–Kier alpha value is -2.33. The van der Waals surface area contributed by atoms with Crippen LogP contribution in [-0.2, 0) is 16.0 Å². The lowest BCUT2D eigenvalue weighted by molar-refractivity contribution is -0.118.